The van der Waals surface area contributed by atoms with Crippen molar-refractivity contribution in [2.45, 2.75) is 91.9 Å². The van der Waals surface area contributed by atoms with Gasteiger partial charge < -0.3 is 0 Å². The number of benzene rings is 2. The average Bonchev–Trinajstić information content (AvgIpc) is 2.76. The molecule has 2 saturated carbocycles. The van der Waals surface area contributed by atoms with Crippen molar-refractivity contribution in [3.05, 3.63) is 58.1 Å². The van der Waals surface area contributed by atoms with Crippen LogP contribution in [0.3, 0.4) is 0 Å². The molecule has 2 aromatic rings. The maximum atomic E-state index is 2.44. The van der Waals surface area contributed by atoms with Crippen molar-refractivity contribution in [1.29, 1.82) is 0 Å². The molecule has 0 unspecified atom stereocenters. The van der Waals surface area contributed by atoms with Gasteiger partial charge in [-0.1, -0.05) is 50.1 Å². The van der Waals surface area contributed by atoms with Crippen molar-refractivity contribution in [3.63, 3.8) is 0 Å². The number of hydrogen-bond acceptors (Lipinski definition) is 0. The van der Waals surface area contributed by atoms with Crippen LogP contribution in [-0.4, -0.2) is 0 Å². The molecular formula is C29H40. The van der Waals surface area contributed by atoms with Crippen molar-refractivity contribution < 1.29 is 0 Å². The topological polar surface area (TPSA) is 0 Å². The zero-order valence-electron chi connectivity index (χ0n) is 19.4. The SMILES string of the molecule is Cc1cc(-c2ccc(C3CCC(C4CCC(C)CC4)CC3)cc2)c(C)c(C)c1C. The third-order valence-corrected chi connectivity index (χ3v) is 8.67. The summed E-state index contributed by atoms with van der Waals surface area (Å²) in [4.78, 5) is 0. The molecule has 0 aliphatic heterocycles. The molecule has 2 fully saturated rings. The Morgan fingerprint density at radius 1 is 0.621 bits per heavy atom. The van der Waals surface area contributed by atoms with Gasteiger partial charge in [0.05, 0.1) is 0 Å². The lowest BCUT2D eigenvalue weighted by Gasteiger charge is -2.37. The second-order valence-corrected chi connectivity index (χ2v) is 10.4. The van der Waals surface area contributed by atoms with Crippen LogP contribution in [0.1, 0.15) is 92.0 Å². The van der Waals surface area contributed by atoms with Gasteiger partial charge in [0.15, 0.2) is 0 Å². The van der Waals surface area contributed by atoms with Gasteiger partial charge in [0.1, 0.15) is 0 Å². The molecule has 0 radical (unpaired) electrons. The van der Waals surface area contributed by atoms with Gasteiger partial charge in [0.25, 0.3) is 0 Å². The molecule has 29 heavy (non-hydrogen) atoms. The molecule has 0 bridgehead atoms. The molecule has 0 heteroatoms. The molecule has 2 aliphatic rings. The molecule has 2 aliphatic carbocycles. The summed E-state index contributed by atoms with van der Waals surface area (Å²) in [6, 6.07) is 12.0. The van der Waals surface area contributed by atoms with Crippen LogP contribution in [0.4, 0.5) is 0 Å². The Morgan fingerprint density at radius 2 is 1.17 bits per heavy atom. The van der Waals surface area contributed by atoms with Gasteiger partial charge in [-0.2, -0.15) is 0 Å². The third-order valence-electron chi connectivity index (χ3n) is 8.67. The van der Waals surface area contributed by atoms with Gasteiger partial charge in [0, 0.05) is 0 Å². The first-order valence-electron chi connectivity index (χ1n) is 12.1. The monoisotopic (exact) mass is 388 g/mol. The molecule has 0 spiro atoms. The fraction of sp³-hybridized carbons (Fsp3) is 0.586. The molecule has 0 amide bonds. The van der Waals surface area contributed by atoms with Crippen molar-refractivity contribution in [3.8, 4) is 11.1 Å². The van der Waals surface area contributed by atoms with Crippen molar-refractivity contribution in [1.82, 2.24) is 0 Å². The van der Waals surface area contributed by atoms with Gasteiger partial charge in [-0.15, -0.1) is 0 Å². The highest BCUT2D eigenvalue weighted by Crippen LogP contribution is 2.44. The Labute approximate surface area is 179 Å². The van der Waals surface area contributed by atoms with Gasteiger partial charge in [0.2, 0.25) is 0 Å². The van der Waals surface area contributed by atoms with Crippen LogP contribution in [-0.2, 0) is 0 Å². The first-order chi connectivity index (χ1) is 13.9. The highest BCUT2D eigenvalue weighted by atomic mass is 14.4. The fourth-order valence-corrected chi connectivity index (χ4v) is 6.13. The Bertz CT molecular complexity index is 825. The van der Waals surface area contributed by atoms with E-state index in [0.29, 0.717) is 0 Å². The van der Waals surface area contributed by atoms with Gasteiger partial charge in [-0.3, -0.25) is 0 Å². The smallest absolute Gasteiger partial charge is 0.0149 e. The lowest BCUT2D eigenvalue weighted by Crippen LogP contribution is -2.24. The standard InChI is InChI=1S/C29H40/c1-19-6-8-24(9-7-19)25-10-12-26(13-11-25)27-14-16-28(17-15-27)29-18-20(2)21(3)22(4)23(29)5/h14-19,24-26H,6-13H2,1-5H3. The summed E-state index contributed by atoms with van der Waals surface area (Å²) in [6.45, 7) is 11.5. The van der Waals surface area contributed by atoms with Crippen LogP contribution in [0.25, 0.3) is 11.1 Å². The number of hydrogen-bond donors (Lipinski definition) is 0. The van der Waals surface area contributed by atoms with E-state index in [1.165, 1.54) is 84.7 Å². The van der Waals surface area contributed by atoms with E-state index in [2.05, 4.69) is 65.0 Å². The van der Waals surface area contributed by atoms with Crippen LogP contribution in [0.15, 0.2) is 30.3 Å². The van der Waals surface area contributed by atoms with E-state index in [1.54, 1.807) is 5.56 Å². The lowest BCUT2D eigenvalue weighted by atomic mass is 9.68. The van der Waals surface area contributed by atoms with E-state index in [0.717, 1.165) is 23.7 Å². The van der Waals surface area contributed by atoms with E-state index in [4.69, 9.17) is 0 Å². The molecule has 0 aromatic heterocycles. The van der Waals surface area contributed by atoms with Crippen molar-refractivity contribution >= 4 is 0 Å². The summed E-state index contributed by atoms with van der Waals surface area (Å²) < 4.78 is 0. The van der Waals surface area contributed by atoms with E-state index < -0.39 is 0 Å². The zero-order valence-corrected chi connectivity index (χ0v) is 19.4. The molecule has 0 saturated heterocycles. The van der Waals surface area contributed by atoms with Crippen LogP contribution >= 0.6 is 0 Å². The molecular weight excluding hydrogens is 348 g/mol. The summed E-state index contributed by atoms with van der Waals surface area (Å²) in [7, 11) is 0. The van der Waals surface area contributed by atoms with Crippen LogP contribution < -0.4 is 0 Å². The quantitative estimate of drug-likeness (QED) is 0.493. The minimum absolute atomic E-state index is 0.783. The minimum Gasteiger partial charge on any atom is -0.0625 e. The summed E-state index contributed by atoms with van der Waals surface area (Å²) in [6.07, 6.45) is 11.7. The average molecular weight is 389 g/mol. The Hall–Kier alpha value is -1.56. The minimum atomic E-state index is 0.783. The number of aryl methyl sites for hydroxylation is 1. The van der Waals surface area contributed by atoms with Gasteiger partial charge in [-0.25, -0.2) is 0 Å². The molecule has 4 rings (SSSR count). The van der Waals surface area contributed by atoms with E-state index in [1.807, 2.05) is 0 Å². The Morgan fingerprint density at radius 3 is 1.76 bits per heavy atom. The van der Waals surface area contributed by atoms with E-state index >= 15 is 0 Å². The first kappa shape index (κ1) is 20.7. The predicted octanol–water partition coefficient (Wildman–Crippen LogP) is 8.69. The second-order valence-electron chi connectivity index (χ2n) is 10.4. The van der Waals surface area contributed by atoms with E-state index in [-0.39, 0.29) is 0 Å². The summed E-state index contributed by atoms with van der Waals surface area (Å²) in [5.41, 5.74) is 10.1. The molecule has 0 nitrogen and oxygen atoms in total. The molecule has 156 valence electrons. The number of rotatable bonds is 3. The van der Waals surface area contributed by atoms with Gasteiger partial charge in [-0.05, 0) is 129 Å². The van der Waals surface area contributed by atoms with Gasteiger partial charge >= 0.3 is 0 Å². The normalized spacial score (nSPS) is 27.8. The second kappa shape index (κ2) is 8.66. The lowest BCUT2D eigenvalue weighted by molar-refractivity contribution is 0.165. The van der Waals surface area contributed by atoms with E-state index in [9.17, 15) is 0 Å². The van der Waals surface area contributed by atoms with Crippen molar-refractivity contribution in [2.24, 2.45) is 17.8 Å². The summed E-state index contributed by atoms with van der Waals surface area (Å²) >= 11 is 0. The van der Waals surface area contributed by atoms with Crippen LogP contribution in [0.2, 0.25) is 0 Å². The first-order valence-corrected chi connectivity index (χ1v) is 12.1. The molecule has 0 N–H and O–H groups in total. The van der Waals surface area contributed by atoms with Crippen LogP contribution in [0, 0.1) is 45.4 Å². The molecule has 0 heterocycles. The Balaban J connectivity index is 1.42. The third kappa shape index (κ3) is 4.32. The molecule has 0 atom stereocenters. The zero-order chi connectivity index (χ0) is 20.5. The summed E-state index contributed by atoms with van der Waals surface area (Å²) in [5.74, 6) is 3.81. The fourth-order valence-electron chi connectivity index (χ4n) is 6.13. The largest absolute Gasteiger partial charge is 0.0625 e. The van der Waals surface area contributed by atoms with Crippen LogP contribution in [0.5, 0.6) is 0 Å². The maximum Gasteiger partial charge on any atom is -0.0149 e. The highest BCUT2D eigenvalue weighted by molar-refractivity contribution is 5.70. The molecule has 2 aromatic carbocycles. The summed E-state index contributed by atoms with van der Waals surface area (Å²) in [5, 5.41) is 0. The maximum absolute atomic E-state index is 2.44. The Kier molecular flexibility index (Phi) is 6.19. The van der Waals surface area contributed by atoms with Crippen molar-refractivity contribution in [2.75, 3.05) is 0 Å². The predicted molar refractivity (Wildman–Crippen MR) is 127 cm³/mol. The highest BCUT2D eigenvalue weighted by Gasteiger charge is 2.30.